The van der Waals surface area contributed by atoms with Crippen LogP contribution in [0.25, 0.3) is 0 Å². The fourth-order valence-corrected chi connectivity index (χ4v) is 2.94. The predicted octanol–water partition coefficient (Wildman–Crippen LogP) is 1.91. The molecule has 0 bridgehead atoms. The first-order valence-electron chi connectivity index (χ1n) is 7.19. The molecule has 1 fully saturated rings. The third-order valence-electron chi connectivity index (χ3n) is 3.95. The number of hydrogen-bond donors (Lipinski definition) is 3. The SMILES string of the molecule is O=C(NC1CCCCC1O)C1C#Cc2cc(Cl)ccc2N1. The average Bonchev–Trinajstić information content (AvgIpc) is 2.49. The topological polar surface area (TPSA) is 61.4 Å². The molecule has 2 aliphatic rings. The molecule has 5 heteroatoms. The van der Waals surface area contributed by atoms with E-state index >= 15 is 0 Å². The fraction of sp³-hybridized carbons (Fsp3) is 0.438. The van der Waals surface area contributed by atoms with E-state index in [1.54, 1.807) is 12.1 Å². The van der Waals surface area contributed by atoms with Crippen LogP contribution in [0.4, 0.5) is 5.69 Å². The van der Waals surface area contributed by atoms with Crippen LogP contribution < -0.4 is 10.6 Å². The highest BCUT2D eigenvalue weighted by Gasteiger charge is 2.28. The van der Waals surface area contributed by atoms with Gasteiger partial charge < -0.3 is 15.7 Å². The molecule has 3 rings (SSSR count). The molecule has 110 valence electrons. The van der Waals surface area contributed by atoms with Gasteiger partial charge in [0, 0.05) is 10.6 Å². The Morgan fingerprint density at radius 2 is 2.19 bits per heavy atom. The second kappa shape index (κ2) is 5.97. The highest BCUT2D eigenvalue weighted by atomic mass is 35.5. The van der Waals surface area contributed by atoms with E-state index in [9.17, 15) is 9.90 Å². The van der Waals surface area contributed by atoms with Crippen LogP contribution >= 0.6 is 11.6 Å². The van der Waals surface area contributed by atoms with Gasteiger partial charge in [-0.1, -0.05) is 36.3 Å². The molecule has 1 aliphatic carbocycles. The van der Waals surface area contributed by atoms with Crippen LogP contribution in [0.2, 0.25) is 5.02 Å². The van der Waals surface area contributed by atoms with Crippen molar-refractivity contribution in [3.63, 3.8) is 0 Å². The van der Waals surface area contributed by atoms with Crippen molar-refractivity contribution in [3.8, 4) is 11.8 Å². The summed E-state index contributed by atoms with van der Waals surface area (Å²) < 4.78 is 0. The number of aliphatic hydroxyl groups is 1. The van der Waals surface area contributed by atoms with Crippen LogP contribution in [0.1, 0.15) is 31.2 Å². The van der Waals surface area contributed by atoms with E-state index in [-0.39, 0.29) is 11.9 Å². The molecule has 0 spiro atoms. The first-order valence-corrected chi connectivity index (χ1v) is 7.57. The maximum atomic E-state index is 12.3. The van der Waals surface area contributed by atoms with Crippen LogP contribution in [0.5, 0.6) is 0 Å². The van der Waals surface area contributed by atoms with Gasteiger partial charge in [-0.15, -0.1) is 0 Å². The predicted molar refractivity (Wildman–Crippen MR) is 82.1 cm³/mol. The summed E-state index contributed by atoms with van der Waals surface area (Å²) in [5, 5.41) is 16.5. The summed E-state index contributed by atoms with van der Waals surface area (Å²) in [5.41, 5.74) is 1.60. The highest BCUT2D eigenvalue weighted by Crippen LogP contribution is 2.23. The number of aliphatic hydroxyl groups excluding tert-OH is 1. The van der Waals surface area contributed by atoms with Crippen molar-refractivity contribution in [1.82, 2.24) is 5.32 Å². The van der Waals surface area contributed by atoms with Gasteiger partial charge in [0.05, 0.1) is 17.8 Å². The Morgan fingerprint density at radius 1 is 1.38 bits per heavy atom. The van der Waals surface area contributed by atoms with Gasteiger partial charge in [-0.3, -0.25) is 4.79 Å². The zero-order valence-corrected chi connectivity index (χ0v) is 12.3. The summed E-state index contributed by atoms with van der Waals surface area (Å²) >= 11 is 5.92. The molecule has 21 heavy (non-hydrogen) atoms. The molecule has 1 aromatic carbocycles. The summed E-state index contributed by atoms with van der Waals surface area (Å²) in [6, 6.07) is 4.60. The Kier molecular flexibility index (Phi) is 4.05. The van der Waals surface area contributed by atoms with Crippen molar-refractivity contribution >= 4 is 23.2 Å². The minimum atomic E-state index is -0.590. The minimum Gasteiger partial charge on any atom is -0.391 e. The zero-order valence-electron chi connectivity index (χ0n) is 11.5. The second-order valence-electron chi connectivity index (χ2n) is 5.50. The van der Waals surface area contributed by atoms with Crippen LogP contribution in [-0.2, 0) is 4.79 Å². The highest BCUT2D eigenvalue weighted by molar-refractivity contribution is 6.30. The molecule has 0 radical (unpaired) electrons. The van der Waals surface area contributed by atoms with Crippen molar-refractivity contribution in [3.05, 3.63) is 28.8 Å². The van der Waals surface area contributed by atoms with E-state index < -0.39 is 12.1 Å². The third kappa shape index (κ3) is 3.15. The maximum absolute atomic E-state index is 12.3. The van der Waals surface area contributed by atoms with E-state index in [1.807, 2.05) is 6.07 Å². The Balaban J connectivity index is 1.68. The maximum Gasteiger partial charge on any atom is 0.255 e. The Bertz CT molecular complexity index is 620. The van der Waals surface area contributed by atoms with Crippen molar-refractivity contribution < 1.29 is 9.90 Å². The number of amides is 1. The lowest BCUT2D eigenvalue weighted by Crippen LogP contribution is -2.50. The molecule has 0 saturated heterocycles. The molecule has 1 aliphatic heterocycles. The van der Waals surface area contributed by atoms with Gasteiger partial charge in [0.2, 0.25) is 0 Å². The summed E-state index contributed by atoms with van der Waals surface area (Å²) in [4.78, 5) is 12.3. The quantitative estimate of drug-likeness (QED) is 0.731. The van der Waals surface area contributed by atoms with E-state index in [0.29, 0.717) is 5.02 Å². The average molecular weight is 305 g/mol. The van der Waals surface area contributed by atoms with Gasteiger partial charge in [0.25, 0.3) is 5.91 Å². The molecule has 3 atom stereocenters. The Morgan fingerprint density at radius 3 is 3.00 bits per heavy atom. The normalized spacial score (nSPS) is 26.9. The van der Waals surface area contributed by atoms with E-state index in [4.69, 9.17) is 11.6 Å². The summed E-state index contributed by atoms with van der Waals surface area (Å²) in [5.74, 6) is 5.67. The van der Waals surface area contributed by atoms with Crippen molar-refractivity contribution in [1.29, 1.82) is 0 Å². The van der Waals surface area contributed by atoms with Crippen molar-refractivity contribution in [2.24, 2.45) is 0 Å². The van der Waals surface area contributed by atoms with Crippen molar-refractivity contribution in [2.75, 3.05) is 5.32 Å². The molecule has 1 aromatic rings. The lowest BCUT2D eigenvalue weighted by Gasteiger charge is -2.29. The van der Waals surface area contributed by atoms with Gasteiger partial charge in [0.1, 0.15) is 0 Å². The number of nitrogens with one attached hydrogen (secondary N) is 2. The lowest BCUT2D eigenvalue weighted by molar-refractivity contribution is -0.122. The van der Waals surface area contributed by atoms with Gasteiger partial charge in [-0.05, 0) is 31.0 Å². The molecule has 0 aromatic heterocycles. The van der Waals surface area contributed by atoms with Crippen LogP contribution in [0.15, 0.2) is 18.2 Å². The molecular formula is C16H17ClN2O2. The standard InChI is InChI=1S/C16H17ClN2O2/c17-11-6-8-12-10(9-11)5-7-14(18-12)16(21)19-13-3-1-2-4-15(13)20/h6,8-9,13-15,18,20H,1-4H2,(H,19,21). The number of carbonyl (C=O) groups excluding carboxylic acids is 1. The zero-order chi connectivity index (χ0) is 14.8. The Hall–Kier alpha value is -1.70. The summed E-state index contributed by atoms with van der Waals surface area (Å²) in [7, 11) is 0. The molecule has 1 amide bonds. The molecular weight excluding hydrogens is 288 g/mol. The van der Waals surface area contributed by atoms with E-state index in [1.165, 1.54) is 0 Å². The summed E-state index contributed by atoms with van der Waals surface area (Å²) in [6.07, 6.45) is 3.16. The first kappa shape index (κ1) is 14.2. The Labute approximate surface area is 128 Å². The fourth-order valence-electron chi connectivity index (χ4n) is 2.76. The van der Waals surface area contributed by atoms with Crippen LogP contribution in [0, 0.1) is 11.8 Å². The number of hydrogen-bond acceptors (Lipinski definition) is 3. The van der Waals surface area contributed by atoms with Crippen molar-refractivity contribution in [2.45, 2.75) is 43.9 Å². The molecule has 1 heterocycles. The molecule has 3 unspecified atom stereocenters. The van der Waals surface area contributed by atoms with Crippen LogP contribution in [-0.4, -0.2) is 29.2 Å². The molecule has 1 saturated carbocycles. The van der Waals surface area contributed by atoms with E-state index in [0.717, 1.165) is 36.9 Å². The number of carbonyl (C=O) groups is 1. The molecule has 3 N–H and O–H groups in total. The lowest BCUT2D eigenvalue weighted by atomic mass is 9.92. The van der Waals surface area contributed by atoms with E-state index in [2.05, 4.69) is 22.5 Å². The third-order valence-corrected chi connectivity index (χ3v) is 4.19. The summed E-state index contributed by atoms with van der Waals surface area (Å²) in [6.45, 7) is 0. The number of halogens is 1. The number of fused-ring (bicyclic) bond motifs is 1. The smallest absolute Gasteiger partial charge is 0.255 e. The second-order valence-corrected chi connectivity index (χ2v) is 5.94. The first-order chi connectivity index (χ1) is 10.1. The van der Waals surface area contributed by atoms with Gasteiger partial charge in [-0.2, -0.15) is 0 Å². The monoisotopic (exact) mass is 304 g/mol. The molecule has 4 nitrogen and oxygen atoms in total. The van der Waals surface area contributed by atoms with Gasteiger partial charge in [0.15, 0.2) is 6.04 Å². The largest absolute Gasteiger partial charge is 0.391 e. The van der Waals surface area contributed by atoms with Gasteiger partial charge >= 0.3 is 0 Å². The van der Waals surface area contributed by atoms with Crippen LogP contribution in [0.3, 0.4) is 0 Å². The number of rotatable bonds is 2. The minimum absolute atomic E-state index is 0.165. The number of anilines is 1. The van der Waals surface area contributed by atoms with Gasteiger partial charge in [-0.25, -0.2) is 0 Å². The number of benzene rings is 1.